The summed E-state index contributed by atoms with van der Waals surface area (Å²) in [5, 5.41) is 0.965. The number of furan rings is 1. The predicted molar refractivity (Wildman–Crippen MR) is 80.8 cm³/mol. The van der Waals surface area contributed by atoms with Crippen LogP contribution in [0.3, 0.4) is 0 Å². The standard InChI is InChI=1S/C17H20O3/c1-4-6-7-8-13-9-10-15-14(11-13)12(3)16(20-15)17(18)19-5-2/h7-11H,4-6H2,1-3H3. The van der Waals surface area contributed by atoms with Crippen molar-refractivity contribution in [3.05, 3.63) is 41.2 Å². The van der Waals surface area contributed by atoms with E-state index in [0.29, 0.717) is 12.4 Å². The van der Waals surface area contributed by atoms with Gasteiger partial charge in [-0.2, -0.15) is 0 Å². The highest BCUT2D eigenvalue weighted by Gasteiger charge is 2.18. The Labute approximate surface area is 119 Å². The molecule has 0 unspecified atom stereocenters. The topological polar surface area (TPSA) is 39.4 Å². The number of carbonyl (C=O) groups is 1. The monoisotopic (exact) mass is 272 g/mol. The van der Waals surface area contributed by atoms with E-state index in [1.54, 1.807) is 6.92 Å². The lowest BCUT2D eigenvalue weighted by molar-refractivity contribution is 0.0491. The number of esters is 1. The van der Waals surface area contributed by atoms with Gasteiger partial charge in [-0.1, -0.05) is 31.6 Å². The van der Waals surface area contributed by atoms with Crippen molar-refractivity contribution in [1.29, 1.82) is 0 Å². The van der Waals surface area contributed by atoms with Gasteiger partial charge in [0, 0.05) is 10.9 Å². The van der Waals surface area contributed by atoms with Gasteiger partial charge in [-0.05, 0) is 38.0 Å². The number of benzene rings is 1. The predicted octanol–water partition coefficient (Wildman–Crippen LogP) is 4.73. The van der Waals surface area contributed by atoms with Gasteiger partial charge in [0.15, 0.2) is 0 Å². The molecule has 0 saturated heterocycles. The van der Waals surface area contributed by atoms with E-state index in [9.17, 15) is 4.79 Å². The van der Waals surface area contributed by atoms with Crippen molar-refractivity contribution < 1.29 is 13.9 Å². The number of ether oxygens (including phenoxy) is 1. The average molecular weight is 272 g/mol. The van der Waals surface area contributed by atoms with Crippen LogP contribution in [0.1, 0.15) is 48.4 Å². The van der Waals surface area contributed by atoms with E-state index >= 15 is 0 Å². The number of aryl methyl sites for hydroxylation is 1. The van der Waals surface area contributed by atoms with Crippen molar-refractivity contribution in [3.63, 3.8) is 0 Å². The van der Waals surface area contributed by atoms with E-state index in [1.807, 2.05) is 25.1 Å². The molecule has 0 fully saturated rings. The van der Waals surface area contributed by atoms with Crippen LogP contribution in [-0.4, -0.2) is 12.6 Å². The van der Waals surface area contributed by atoms with Crippen LogP contribution in [0.4, 0.5) is 0 Å². The van der Waals surface area contributed by atoms with Gasteiger partial charge in [-0.15, -0.1) is 0 Å². The van der Waals surface area contributed by atoms with Crippen LogP contribution >= 0.6 is 0 Å². The Morgan fingerprint density at radius 3 is 2.85 bits per heavy atom. The van der Waals surface area contributed by atoms with Crippen LogP contribution in [-0.2, 0) is 4.74 Å². The fourth-order valence-electron chi connectivity index (χ4n) is 2.12. The minimum Gasteiger partial charge on any atom is -0.460 e. The van der Waals surface area contributed by atoms with Crippen LogP contribution in [0.25, 0.3) is 17.0 Å². The van der Waals surface area contributed by atoms with Gasteiger partial charge in [-0.25, -0.2) is 4.79 Å². The molecule has 0 spiro atoms. The molecule has 0 bridgehead atoms. The molecule has 0 atom stereocenters. The van der Waals surface area contributed by atoms with E-state index in [0.717, 1.165) is 34.9 Å². The SMILES string of the molecule is CCCC=Cc1ccc2oc(C(=O)OCC)c(C)c2c1. The van der Waals surface area contributed by atoms with Gasteiger partial charge in [0.2, 0.25) is 5.76 Å². The molecule has 2 rings (SSSR count). The fraction of sp³-hybridized carbons (Fsp3) is 0.353. The first kappa shape index (κ1) is 14.4. The van der Waals surface area contributed by atoms with Gasteiger partial charge in [0.1, 0.15) is 5.58 Å². The fourth-order valence-corrected chi connectivity index (χ4v) is 2.12. The number of unbranched alkanes of at least 4 members (excludes halogenated alkanes) is 1. The first-order chi connectivity index (χ1) is 9.67. The smallest absolute Gasteiger partial charge is 0.374 e. The van der Waals surface area contributed by atoms with Crippen molar-refractivity contribution in [1.82, 2.24) is 0 Å². The highest BCUT2D eigenvalue weighted by molar-refractivity contribution is 5.96. The summed E-state index contributed by atoms with van der Waals surface area (Å²) in [4.78, 5) is 11.8. The maximum absolute atomic E-state index is 11.8. The largest absolute Gasteiger partial charge is 0.460 e. The quantitative estimate of drug-likeness (QED) is 0.738. The summed E-state index contributed by atoms with van der Waals surface area (Å²) in [5.41, 5.74) is 2.67. The van der Waals surface area contributed by atoms with Crippen molar-refractivity contribution in [2.75, 3.05) is 6.61 Å². The number of carbonyl (C=O) groups excluding carboxylic acids is 1. The molecule has 1 heterocycles. The summed E-state index contributed by atoms with van der Waals surface area (Å²) >= 11 is 0. The van der Waals surface area contributed by atoms with Crippen molar-refractivity contribution >= 4 is 23.0 Å². The number of fused-ring (bicyclic) bond motifs is 1. The minimum absolute atomic E-state index is 0.302. The Morgan fingerprint density at radius 2 is 2.15 bits per heavy atom. The normalized spacial score (nSPS) is 11.3. The van der Waals surface area contributed by atoms with E-state index < -0.39 is 5.97 Å². The Kier molecular flexibility index (Phi) is 4.61. The lowest BCUT2D eigenvalue weighted by atomic mass is 10.1. The number of hydrogen-bond donors (Lipinski definition) is 0. The minimum atomic E-state index is -0.399. The molecule has 0 aliphatic rings. The second-order valence-corrected chi connectivity index (χ2v) is 4.72. The summed E-state index contributed by atoms with van der Waals surface area (Å²) in [6, 6.07) is 5.94. The number of allylic oxidation sites excluding steroid dienone is 1. The zero-order chi connectivity index (χ0) is 14.5. The van der Waals surface area contributed by atoms with Gasteiger partial charge in [0.05, 0.1) is 6.61 Å². The van der Waals surface area contributed by atoms with Crippen LogP contribution < -0.4 is 0 Å². The molecular formula is C17H20O3. The molecule has 3 nitrogen and oxygen atoms in total. The molecule has 1 aromatic heterocycles. The third-order valence-corrected chi connectivity index (χ3v) is 3.19. The van der Waals surface area contributed by atoms with Gasteiger partial charge >= 0.3 is 5.97 Å². The third-order valence-electron chi connectivity index (χ3n) is 3.19. The first-order valence-electron chi connectivity index (χ1n) is 7.04. The number of rotatable bonds is 5. The Bertz CT molecular complexity index is 635. The van der Waals surface area contributed by atoms with Crippen molar-refractivity contribution in [2.24, 2.45) is 0 Å². The highest BCUT2D eigenvalue weighted by atomic mass is 16.5. The first-order valence-corrected chi connectivity index (χ1v) is 7.04. The summed E-state index contributed by atoms with van der Waals surface area (Å²) < 4.78 is 10.6. The molecule has 0 radical (unpaired) electrons. The van der Waals surface area contributed by atoms with E-state index in [2.05, 4.69) is 19.1 Å². The molecule has 0 aliphatic heterocycles. The molecule has 0 amide bonds. The Hall–Kier alpha value is -2.03. The maximum Gasteiger partial charge on any atom is 0.374 e. The zero-order valence-electron chi connectivity index (χ0n) is 12.2. The second-order valence-electron chi connectivity index (χ2n) is 4.72. The highest BCUT2D eigenvalue weighted by Crippen LogP contribution is 2.27. The molecule has 106 valence electrons. The summed E-state index contributed by atoms with van der Waals surface area (Å²) in [6.45, 7) is 6.17. The second kappa shape index (κ2) is 6.42. The van der Waals surface area contributed by atoms with E-state index in [-0.39, 0.29) is 0 Å². The van der Waals surface area contributed by atoms with Crippen LogP contribution in [0, 0.1) is 6.92 Å². The molecule has 0 N–H and O–H groups in total. The number of hydrogen-bond acceptors (Lipinski definition) is 3. The lowest BCUT2D eigenvalue weighted by Gasteiger charge is -1.98. The summed E-state index contributed by atoms with van der Waals surface area (Å²) in [5.74, 6) is -0.0965. The lowest BCUT2D eigenvalue weighted by Crippen LogP contribution is -2.04. The van der Waals surface area contributed by atoms with Crippen molar-refractivity contribution in [3.8, 4) is 0 Å². The van der Waals surface area contributed by atoms with Gasteiger partial charge < -0.3 is 9.15 Å². The molecule has 1 aromatic carbocycles. The maximum atomic E-state index is 11.8. The van der Waals surface area contributed by atoms with Crippen LogP contribution in [0.2, 0.25) is 0 Å². The van der Waals surface area contributed by atoms with Gasteiger partial charge in [-0.3, -0.25) is 0 Å². The Morgan fingerprint density at radius 1 is 1.35 bits per heavy atom. The zero-order valence-corrected chi connectivity index (χ0v) is 12.2. The van der Waals surface area contributed by atoms with Crippen molar-refractivity contribution in [2.45, 2.75) is 33.6 Å². The molecular weight excluding hydrogens is 252 g/mol. The molecule has 3 heteroatoms. The molecule has 0 aliphatic carbocycles. The summed E-state index contributed by atoms with van der Waals surface area (Å²) in [7, 11) is 0. The average Bonchev–Trinajstić information content (AvgIpc) is 2.77. The third kappa shape index (κ3) is 2.93. The Balaban J connectivity index is 2.37. The molecule has 20 heavy (non-hydrogen) atoms. The van der Waals surface area contributed by atoms with E-state index in [1.165, 1.54) is 0 Å². The van der Waals surface area contributed by atoms with Crippen LogP contribution in [0.15, 0.2) is 28.7 Å². The molecule has 0 saturated carbocycles. The van der Waals surface area contributed by atoms with Gasteiger partial charge in [0.25, 0.3) is 0 Å². The molecule has 2 aromatic rings. The summed E-state index contributed by atoms with van der Waals surface area (Å²) in [6.07, 6.45) is 6.45. The van der Waals surface area contributed by atoms with Crippen LogP contribution in [0.5, 0.6) is 0 Å². The van der Waals surface area contributed by atoms with E-state index in [4.69, 9.17) is 9.15 Å².